The van der Waals surface area contributed by atoms with Gasteiger partial charge in [-0.05, 0) is 12.3 Å². The summed E-state index contributed by atoms with van der Waals surface area (Å²) >= 11 is 0. The van der Waals surface area contributed by atoms with Crippen molar-refractivity contribution in [3.8, 4) is 0 Å². The van der Waals surface area contributed by atoms with Crippen molar-refractivity contribution in [2.24, 2.45) is 5.92 Å². The van der Waals surface area contributed by atoms with Crippen molar-refractivity contribution in [1.82, 2.24) is 0 Å². The number of ether oxygens (including phenoxy) is 8. The highest BCUT2D eigenvalue weighted by Crippen LogP contribution is 2.10. The van der Waals surface area contributed by atoms with Gasteiger partial charge < -0.3 is 37.9 Å². The van der Waals surface area contributed by atoms with E-state index in [9.17, 15) is 4.79 Å². The average molecular weight is 579 g/mol. The summed E-state index contributed by atoms with van der Waals surface area (Å²) in [5.41, 5.74) is 0. The van der Waals surface area contributed by atoms with Crippen molar-refractivity contribution in [2.75, 3.05) is 99.1 Å². The first-order chi connectivity index (χ1) is 19.7. The zero-order valence-corrected chi connectivity index (χ0v) is 26.1. The molecule has 0 amide bonds. The summed E-state index contributed by atoms with van der Waals surface area (Å²) < 4.78 is 43.5. The third-order valence-electron chi connectivity index (χ3n) is 6.31. The minimum absolute atomic E-state index is 0.129. The molecular formula is C31H62O9. The highest BCUT2D eigenvalue weighted by Gasteiger charge is 2.03. The van der Waals surface area contributed by atoms with E-state index in [0.717, 1.165) is 25.9 Å². The second kappa shape index (κ2) is 34.4. The molecular weight excluding hydrogens is 516 g/mol. The van der Waals surface area contributed by atoms with Gasteiger partial charge in [0.2, 0.25) is 0 Å². The van der Waals surface area contributed by atoms with Crippen LogP contribution >= 0.6 is 0 Å². The first-order valence-corrected chi connectivity index (χ1v) is 15.9. The zero-order chi connectivity index (χ0) is 29.2. The van der Waals surface area contributed by atoms with Crippen molar-refractivity contribution >= 4 is 5.97 Å². The van der Waals surface area contributed by atoms with E-state index in [1.54, 1.807) is 0 Å². The highest BCUT2D eigenvalue weighted by atomic mass is 16.6. The molecule has 1 atom stereocenters. The summed E-state index contributed by atoms with van der Waals surface area (Å²) in [5.74, 6) is 0.470. The minimum atomic E-state index is -0.129. The molecule has 40 heavy (non-hydrogen) atoms. The fourth-order valence-corrected chi connectivity index (χ4v) is 3.59. The van der Waals surface area contributed by atoms with Gasteiger partial charge in [0.05, 0.1) is 85.9 Å². The van der Waals surface area contributed by atoms with Gasteiger partial charge in [0.25, 0.3) is 0 Å². The highest BCUT2D eigenvalue weighted by molar-refractivity contribution is 5.69. The Hall–Kier alpha value is -0.810. The van der Waals surface area contributed by atoms with E-state index in [1.807, 2.05) is 0 Å². The molecule has 0 rings (SSSR count). The average Bonchev–Trinajstić information content (AvgIpc) is 2.96. The summed E-state index contributed by atoms with van der Waals surface area (Å²) in [4.78, 5) is 11.7. The monoisotopic (exact) mass is 578 g/mol. The van der Waals surface area contributed by atoms with Crippen molar-refractivity contribution in [3.05, 3.63) is 0 Å². The summed E-state index contributed by atoms with van der Waals surface area (Å²) in [6, 6.07) is 0. The third kappa shape index (κ3) is 33.4. The van der Waals surface area contributed by atoms with Crippen LogP contribution in [0.25, 0.3) is 0 Å². The smallest absolute Gasteiger partial charge is 0.305 e. The van der Waals surface area contributed by atoms with Crippen molar-refractivity contribution in [1.29, 1.82) is 0 Å². The summed E-state index contributed by atoms with van der Waals surface area (Å²) in [5, 5.41) is 0. The first-order valence-electron chi connectivity index (χ1n) is 15.9. The van der Waals surface area contributed by atoms with E-state index in [2.05, 4.69) is 20.8 Å². The Morgan fingerprint density at radius 3 is 1.23 bits per heavy atom. The number of esters is 1. The molecule has 0 bridgehead atoms. The second-order valence-electron chi connectivity index (χ2n) is 10.1. The van der Waals surface area contributed by atoms with E-state index in [4.69, 9.17) is 37.9 Å². The van der Waals surface area contributed by atoms with E-state index in [1.165, 1.54) is 44.9 Å². The molecule has 0 saturated carbocycles. The van der Waals surface area contributed by atoms with Gasteiger partial charge in [-0.25, -0.2) is 0 Å². The number of unbranched alkanes of at least 4 members (excludes halogenated alkanes) is 8. The molecule has 0 aromatic carbocycles. The van der Waals surface area contributed by atoms with Crippen LogP contribution in [-0.2, 0) is 42.7 Å². The van der Waals surface area contributed by atoms with Crippen LogP contribution in [0.5, 0.6) is 0 Å². The predicted octanol–water partition coefficient (Wildman–Crippen LogP) is 5.61. The zero-order valence-electron chi connectivity index (χ0n) is 26.1. The number of hydrogen-bond donors (Lipinski definition) is 0. The standard InChI is InChI=1S/C31H62O9/c1-4-6-7-8-9-10-11-12-13-14-31(32)40-28-27-38-24-23-36-20-19-34-16-15-33-17-18-35-21-22-37-25-26-39-29-30(3)5-2/h30H,4-29H2,1-3H3. The molecule has 0 aliphatic carbocycles. The number of hydrogen-bond acceptors (Lipinski definition) is 9. The molecule has 9 nitrogen and oxygen atoms in total. The topological polar surface area (TPSA) is 90.9 Å². The lowest BCUT2D eigenvalue weighted by atomic mass is 10.1. The van der Waals surface area contributed by atoms with Crippen LogP contribution in [0.3, 0.4) is 0 Å². The van der Waals surface area contributed by atoms with Crippen molar-refractivity contribution in [2.45, 2.75) is 91.4 Å². The van der Waals surface area contributed by atoms with Crippen molar-refractivity contribution in [3.63, 3.8) is 0 Å². The van der Waals surface area contributed by atoms with Crippen LogP contribution in [0.4, 0.5) is 0 Å². The second-order valence-corrected chi connectivity index (χ2v) is 10.1. The normalized spacial score (nSPS) is 12.2. The van der Waals surface area contributed by atoms with Crippen LogP contribution < -0.4 is 0 Å². The van der Waals surface area contributed by atoms with Crippen molar-refractivity contribution < 1.29 is 42.7 Å². The van der Waals surface area contributed by atoms with Gasteiger partial charge in [-0.2, -0.15) is 0 Å². The Balaban J connectivity index is 3.13. The Bertz CT molecular complexity index is 493. The fraction of sp³-hybridized carbons (Fsp3) is 0.968. The molecule has 0 aromatic rings. The third-order valence-corrected chi connectivity index (χ3v) is 6.31. The fourth-order valence-electron chi connectivity index (χ4n) is 3.59. The van der Waals surface area contributed by atoms with Gasteiger partial charge in [0.1, 0.15) is 6.61 Å². The van der Waals surface area contributed by atoms with Gasteiger partial charge in [0, 0.05) is 13.0 Å². The molecule has 9 heteroatoms. The predicted molar refractivity (Wildman–Crippen MR) is 158 cm³/mol. The lowest BCUT2D eigenvalue weighted by molar-refractivity contribution is -0.145. The number of carbonyl (C=O) groups is 1. The minimum Gasteiger partial charge on any atom is -0.463 e. The molecule has 0 radical (unpaired) electrons. The molecule has 0 aliphatic heterocycles. The van der Waals surface area contributed by atoms with Gasteiger partial charge in [0.15, 0.2) is 0 Å². The van der Waals surface area contributed by atoms with Gasteiger partial charge >= 0.3 is 5.97 Å². The van der Waals surface area contributed by atoms with E-state index >= 15 is 0 Å². The Labute approximate surface area is 245 Å². The quantitative estimate of drug-likeness (QED) is 0.0713. The van der Waals surface area contributed by atoms with Crippen LogP contribution in [0, 0.1) is 5.92 Å². The molecule has 0 saturated heterocycles. The maximum atomic E-state index is 11.7. The number of rotatable bonds is 34. The van der Waals surface area contributed by atoms with Gasteiger partial charge in [-0.3, -0.25) is 4.79 Å². The molecule has 1 unspecified atom stereocenters. The summed E-state index contributed by atoms with van der Waals surface area (Å²) in [6.45, 7) is 14.5. The van der Waals surface area contributed by atoms with Crippen LogP contribution in [-0.4, -0.2) is 105 Å². The molecule has 0 N–H and O–H groups in total. The molecule has 0 aromatic heterocycles. The Morgan fingerprint density at radius 2 is 0.825 bits per heavy atom. The Morgan fingerprint density at radius 1 is 0.475 bits per heavy atom. The van der Waals surface area contributed by atoms with E-state index in [-0.39, 0.29) is 5.97 Å². The molecule has 0 aliphatic rings. The molecule has 0 spiro atoms. The lowest BCUT2D eigenvalue weighted by Gasteiger charge is -2.10. The van der Waals surface area contributed by atoms with E-state index < -0.39 is 0 Å². The first kappa shape index (κ1) is 39.2. The van der Waals surface area contributed by atoms with Gasteiger partial charge in [-0.1, -0.05) is 78.6 Å². The molecule has 0 fully saturated rings. The van der Waals surface area contributed by atoms with Crippen LogP contribution in [0.15, 0.2) is 0 Å². The lowest BCUT2D eigenvalue weighted by Crippen LogP contribution is -2.15. The largest absolute Gasteiger partial charge is 0.463 e. The Kier molecular flexibility index (Phi) is 33.7. The SMILES string of the molecule is CCCCCCCCCCCC(=O)OCCOCCOCCOCCOCCOCCOCCOCC(C)CC. The summed E-state index contributed by atoms with van der Waals surface area (Å²) in [7, 11) is 0. The maximum absolute atomic E-state index is 11.7. The van der Waals surface area contributed by atoms with Crippen LogP contribution in [0.2, 0.25) is 0 Å². The summed E-state index contributed by atoms with van der Waals surface area (Å²) in [6.07, 6.45) is 12.8. The van der Waals surface area contributed by atoms with E-state index in [0.29, 0.717) is 105 Å². The molecule has 240 valence electrons. The maximum Gasteiger partial charge on any atom is 0.305 e. The van der Waals surface area contributed by atoms with Crippen LogP contribution in [0.1, 0.15) is 91.4 Å². The number of carbonyl (C=O) groups excluding carboxylic acids is 1. The molecule has 0 heterocycles. The van der Waals surface area contributed by atoms with Gasteiger partial charge in [-0.15, -0.1) is 0 Å².